The van der Waals surface area contributed by atoms with Gasteiger partial charge in [-0.1, -0.05) is 31.9 Å². The third-order valence-electron chi connectivity index (χ3n) is 4.59. The molecule has 98 valence electrons. The second kappa shape index (κ2) is 5.00. The van der Waals surface area contributed by atoms with Gasteiger partial charge in [0.2, 0.25) is 0 Å². The molecule has 0 spiro atoms. The molecule has 0 aromatic heterocycles. The van der Waals surface area contributed by atoms with Crippen LogP contribution in [0.2, 0.25) is 0 Å². The highest BCUT2D eigenvalue weighted by molar-refractivity contribution is 5.35. The van der Waals surface area contributed by atoms with Gasteiger partial charge in [0.25, 0.3) is 0 Å². The van der Waals surface area contributed by atoms with Gasteiger partial charge in [-0.2, -0.15) is 0 Å². The first kappa shape index (κ1) is 12.2. The predicted molar refractivity (Wildman–Crippen MR) is 72.0 cm³/mol. The zero-order valence-electron chi connectivity index (χ0n) is 11.1. The summed E-state index contributed by atoms with van der Waals surface area (Å²) in [6, 6.07) is 6.54. The zero-order valence-corrected chi connectivity index (χ0v) is 11.1. The fourth-order valence-electron chi connectivity index (χ4n) is 3.65. The maximum Gasteiger partial charge on any atom is 0.126 e. The molecule has 1 N–H and O–H groups in total. The van der Waals surface area contributed by atoms with E-state index < -0.39 is 0 Å². The van der Waals surface area contributed by atoms with Gasteiger partial charge in [0.05, 0.1) is 0 Å². The van der Waals surface area contributed by atoms with E-state index in [0.717, 1.165) is 24.3 Å². The lowest BCUT2D eigenvalue weighted by Gasteiger charge is -2.30. The van der Waals surface area contributed by atoms with Crippen LogP contribution in [0.15, 0.2) is 18.2 Å². The van der Waals surface area contributed by atoms with Crippen molar-refractivity contribution in [2.75, 3.05) is 0 Å². The van der Waals surface area contributed by atoms with Crippen LogP contribution in [-0.2, 0) is 6.42 Å². The molecule has 18 heavy (non-hydrogen) atoms. The van der Waals surface area contributed by atoms with Crippen LogP contribution in [0.25, 0.3) is 0 Å². The van der Waals surface area contributed by atoms with Crippen LogP contribution >= 0.6 is 0 Å². The van der Waals surface area contributed by atoms with E-state index in [1.807, 2.05) is 6.07 Å². The Bertz CT molecular complexity index is 429. The van der Waals surface area contributed by atoms with Crippen LogP contribution < -0.4 is 5.32 Å². The van der Waals surface area contributed by atoms with Gasteiger partial charge in [-0.25, -0.2) is 4.39 Å². The molecule has 2 aliphatic carbocycles. The van der Waals surface area contributed by atoms with Crippen molar-refractivity contribution < 1.29 is 4.39 Å². The normalized spacial score (nSPS) is 31.3. The Morgan fingerprint density at radius 3 is 2.94 bits per heavy atom. The minimum absolute atomic E-state index is 0.0196. The van der Waals surface area contributed by atoms with Crippen molar-refractivity contribution in [3.05, 3.63) is 35.1 Å². The van der Waals surface area contributed by atoms with Crippen LogP contribution in [0.4, 0.5) is 4.39 Å². The molecule has 0 radical (unpaired) electrons. The Kier molecular flexibility index (Phi) is 3.38. The van der Waals surface area contributed by atoms with Crippen LogP contribution in [-0.4, -0.2) is 6.04 Å². The van der Waals surface area contributed by atoms with Gasteiger partial charge in [0, 0.05) is 12.1 Å². The summed E-state index contributed by atoms with van der Waals surface area (Å²) in [6.45, 7) is 2.34. The predicted octanol–water partition coefficient (Wildman–Crippen LogP) is 3.98. The highest BCUT2D eigenvalue weighted by atomic mass is 19.1. The number of nitrogens with one attached hydrogen (secondary N) is 1. The molecule has 0 bridgehead atoms. The van der Waals surface area contributed by atoms with Crippen LogP contribution in [0, 0.1) is 11.7 Å². The molecule has 1 aromatic carbocycles. The summed E-state index contributed by atoms with van der Waals surface area (Å²) in [5.74, 6) is 0.818. The van der Waals surface area contributed by atoms with Crippen molar-refractivity contribution >= 4 is 0 Å². The van der Waals surface area contributed by atoms with Gasteiger partial charge in [-0.3, -0.25) is 0 Å². The zero-order chi connectivity index (χ0) is 12.5. The molecule has 0 saturated heterocycles. The third kappa shape index (κ3) is 2.31. The third-order valence-corrected chi connectivity index (χ3v) is 4.59. The van der Waals surface area contributed by atoms with Gasteiger partial charge >= 0.3 is 0 Å². The Hall–Kier alpha value is -0.890. The molecular weight excluding hydrogens is 225 g/mol. The van der Waals surface area contributed by atoms with E-state index in [1.54, 1.807) is 6.07 Å². The Labute approximate surface area is 109 Å². The van der Waals surface area contributed by atoms with Gasteiger partial charge in [-0.15, -0.1) is 0 Å². The van der Waals surface area contributed by atoms with E-state index >= 15 is 0 Å². The largest absolute Gasteiger partial charge is 0.307 e. The summed E-state index contributed by atoms with van der Waals surface area (Å²) in [6.07, 6.45) is 7.21. The minimum atomic E-state index is -0.0196. The van der Waals surface area contributed by atoms with Gasteiger partial charge < -0.3 is 5.32 Å². The molecule has 0 heterocycles. The number of benzene rings is 1. The van der Waals surface area contributed by atoms with Crippen LogP contribution in [0.5, 0.6) is 0 Å². The summed E-state index contributed by atoms with van der Waals surface area (Å²) in [4.78, 5) is 0. The highest BCUT2D eigenvalue weighted by Gasteiger charge is 2.28. The maximum atomic E-state index is 13.7. The van der Waals surface area contributed by atoms with Crippen molar-refractivity contribution in [1.29, 1.82) is 0 Å². The Morgan fingerprint density at radius 2 is 2.11 bits per heavy atom. The van der Waals surface area contributed by atoms with Gasteiger partial charge in [-0.05, 0) is 48.8 Å². The van der Waals surface area contributed by atoms with Crippen LogP contribution in [0.3, 0.4) is 0 Å². The lowest BCUT2D eigenvalue weighted by Crippen LogP contribution is -2.35. The van der Waals surface area contributed by atoms with Crippen molar-refractivity contribution in [2.24, 2.45) is 5.92 Å². The summed E-state index contributed by atoms with van der Waals surface area (Å²) in [5.41, 5.74) is 2.15. The van der Waals surface area contributed by atoms with Crippen molar-refractivity contribution in [3.8, 4) is 0 Å². The number of hydrogen-bond acceptors (Lipinski definition) is 1. The number of fused-ring (bicyclic) bond motifs is 1. The smallest absolute Gasteiger partial charge is 0.126 e. The average Bonchev–Trinajstić information content (AvgIpc) is 2.74. The Balaban J connectivity index is 1.71. The van der Waals surface area contributed by atoms with E-state index in [1.165, 1.54) is 31.2 Å². The maximum absolute atomic E-state index is 13.7. The van der Waals surface area contributed by atoms with E-state index in [-0.39, 0.29) is 5.82 Å². The molecular formula is C16H22FN. The molecule has 0 amide bonds. The quantitative estimate of drug-likeness (QED) is 0.833. The summed E-state index contributed by atoms with van der Waals surface area (Å²) >= 11 is 0. The first-order chi connectivity index (χ1) is 8.74. The topological polar surface area (TPSA) is 12.0 Å². The first-order valence-corrected chi connectivity index (χ1v) is 7.27. The van der Waals surface area contributed by atoms with Crippen molar-refractivity contribution in [1.82, 2.24) is 5.32 Å². The van der Waals surface area contributed by atoms with E-state index in [4.69, 9.17) is 0 Å². The molecule has 2 heteroatoms. The molecule has 3 rings (SSSR count). The molecule has 3 atom stereocenters. The van der Waals surface area contributed by atoms with Crippen molar-refractivity contribution in [2.45, 2.75) is 57.5 Å². The molecule has 0 aliphatic heterocycles. The number of halogens is 1. The van der Waals surface area contributed by atoms with E-state index in [2.05, 4.69) is 18.3 Å². The molecule has 1 fully saturated rings. The molecule has 1 saturated carbocycles. The van der Waals surface area contributed by atoms with Crippen LogP contribution in [0.1, 0.15) is 56.2 Å². The summed E-state index contributed by atoms with van der Waals surface area (Å²) in [5, 5.41) is 3.76. The lowest BCUT2D eigenvalue weighted by atomic mass is 9.86. The number of hydrogen-bond donors (Lipinski definition) is 1. The monoisotopic (exact) mass is 247 g/mol. The number of rotatable bonds is 2. The second-order valence-electron chi connectivity index (χ2n) is 6.03. The fraction of sp³-hybridized carbons (Fsp3) is 0.625. The molecule has 1 aromatic rings. The SMILES string of the molecule is CC1CCCC(NC2CCc3c(F)cccc32)C1. The average molecular weight is 247 g/mol. The molecule has 3 unspecified atom stereocenters. The van der Waals surface area contributed by atoms with Crippen molar-refractivity contribution in [3.63, 3.8) is 0 Å². The standard InChI is InChI=1S/C16H22FN/c1-11-4-2-5-12(10-11)18-16-9-8-13-14(16)6-3-7-15(13)17/h3,6-7,11-12,16,18H,2,4-5,8-10H2,1H3. The summed E-state index contributed by atoms with van der Waals surface area (Å²) < 4.78 is 13.7. The molecule has 1 nitrogen and oxygen atoms in total. The molecule has 2 aliphatic rings. The minimum Gasteiger partial charge on any atom is -0.307 e. The van der Waals surface area contributed by atoms with E-state index in [9.17, 15) is 4.39 Å². The Morgan fingerprint density at radius 1 is 1.22 bits per heavy atom. The highest BCUT2D eigenvalue weighted by Crippen LogP contribution is 2.34. The second-order valence-corrected chi connectivity index (χ2v) is 6.03. The lowest BCUT2D eigenvalue weighted by molar-refractivity contribution is 0.280. The fourth-order valence-corrected chi connectivity index (χ4v) is 3.65. The van der Waals surface area contributed by atoms with Gasteiger partial charge in [0.1, 0.15) is 5.82 Å². The first-order valence-electron chi connectivity index (χ1n) is 7.27. The van der Waals surface area contributed by atoms with Gasteiger partial charge in [0.15, 0.2) is 0 Å². The summed E-state index contributed by atoms with van der Waals surface area (Å²) in [7, 11) is 0. The van der Waals surface area contributed by atoms with E-state index in [0.29, 0.717) is 12.1 Å².